The molecule has 4 aliphatic carbocycles. The fourth-order valence-electron chi connectivity index (χ4n) is 16.5. The first kappa shape index (κ1) is 72.7. The molecule has 0 radical (unpaired) electrons. The second-order valence-corrected chi connectivity index (χ2v) is 30.1. The van der Waals surface area contributed by atoms with Crippen molar-refractivity contribution in [2.75, 3.05) is 54.9 Å². The molecule has 0 saturated heterocycles. The maximum absolute atomic E-state index is 13.9. The summed E-state index contributed by atoms with van der Waals surface area (Å²) in [6.45, 7) is 12.1. The molecule has 8 N–H and O–H groups in total. The number of carboxylic acid groups (broad SMARTS) is 1. The van der Waals surface area contributed by atoms with Gasteiger partial charge < -0.3 is 31.7 Å². The Hall–Kier alpha value is -9.55. The molecule has 5 heterocycles. The normalized spacial score (nSPS) is 20.8. The van der Waals surface area contributed by atoms with E-state index in [1.54, 1.807) is 56.4 Å². The maximum atomic E-state index is 13.9. The molecule has 6 aromatic rings. The number of nitrogens with two attached hydrogens (primary N) is 1. The van der Waals surface area contributed by atoms with Crippen LogP contribution < -0.4 is 37.2 Å². The van der Waals surface area contributed by atoms with Gasteiger partial charge in [0.2, 0.25) is 11.8 Å². The van der Waals surface area contributed by atoms with Gasteiger partial charge >= 0.3 is 225 Å². The van der Waals surface area contributed by atoms with E-state index in [0.29, 0.717) is 84.2 Å². The summed E-state index contributed by atoms with van der Waals surface area (Å²) >= 11 is 1.41. The number of anilines is 3. The summed E-state index contributed by atoms with van der Waals surface area (Å²) in [4.78, 5) is 131. The van der Waals surface area contributed by atoms with Gasteiger partial charge in [-0.15, -0.1) is 0 Å². The molecule has 28 heteroatoms. The number of carbonyl (C=O) groups excluding carboxylic acids is 8. The van der Waals surface area contributed by atoms with Gasteiger partial charge in [-0.2, -0.15) is 0 Å². The molecule has 0 spiro atoms. The Morgan fingerprint density at radius 2 is 1.58 bits per heavy atom. The number of primary amides is 1. The van der Waals surface area contributed by atoms with Crippen molar-refractivity contribution in [3.63, 3.8) is 0 Å². The number of para-hydroxylation sites is 1. The summed E-state index contributed by atoms with van der Waals surface area (Å²) in [5.74, 6) is -3.58. The number of nitrogens with one attached hydrogen (secondary N) is 5. The standard InChI is InChI=1S/C73H86N13O13PS/c1-45(2)61(81-58(87)18-7-6-10-29-85-59(88)25-26-60(85)89)65(92)78-55(16-12-28-75-67(74)95)64(91)77-49-21-19-47(20-22-49)37-98-69(96)83(32-34-100-97)31-33-99-73-41-70(4)38-71(5,42-73)40-72(39-70,43-73)44-86-46(3)52(35-76-86)50-23-24-57(80-62(50)66(93)94)84-30-27-48-13-11-14-51(53(48)36-84)63(90)82-68-79-54-15-8-9-17-56(54)101-68/h8-9,11,13-15,17,19-26,35,45,55,61H,6-7,10,12,16,18,27-33,36-44H2,1-5H3,(H,77,91)(H,78,92)(H,81,87)(H,93,94)(H3,74,75,95)(H,79,82,90)/t55-,61-,70?,71?,72?,73?/m0/s1. The van der Waals surface area contributed by atoms with Crippen molar-refractivity contribution < 1.29 is 62.3 Å². The Labute approximate surface area is 590 Å². The van der Waals surface area contributed by atoms with Crippen LogP contribution in [0, 0.1) is 34.7 Å². The Morgan fingerprint density at radius 3 is 2.30 bits per heavy atom. The van der Waals surface area contributed by atoms with Gasteiger partial charge in [-0.25, -0.2) is 19.6 Å². The number of hydrogen-bond donors (Lipinski definition) is 7. The van der Waals surface area contributed by atoms with E-state index in [-0.39, 0.29) is 118 Å². The molecule has 4 bridgehead atoms. The monoisotopic (exact) mass is 1420 g/mol. The SMILES string of the molecule is Cc1c(-c2ccc(N3CCc4cccc(C(=O)Nc5nc6ccccc6s5)c4C3)nc2C(=O)O)cnn1CC12CC3(C)CC(C)(C1)CC(OCCN(CC#P=O)C(=O)OCc1ccc(NC(=O)[C@H](CCCNC(N)=O)NC(=O)[C@@H](NC(=O)CCCCCN4C(=O)C=CC4=O)C(C)C)cc1)(C3)C2. The molecule has 6 aliphatic rings. The summed E-state index contributed by atoms with van der Waals surface area (Å²) in [5.41, 5.74) is 13.1. The number of nitrogens with zero attached hydrogens (tertiary/aromatic N) is 7. The van der Waals surface area contributed by atoms with Gasteiger partial charge in [-0.05, 0) is 86.4 Å². The third-order valence-electron chi connectivity index (χ3n) is 20.0. The molecule has 4 atom stereocenters. The number of carbonyl (C=O) groups is 9. The average molecular weight is 1420 g/mol. The van der Waals surface area contributed by atoms with Crippen LogP contribution in [0.4, 0.5) is 26.2 Å². The molecule has 4 fully saturated rings. The summed E-state index contributed by atoms with van der Waals surface area (Å²) in [7, 11) is -0.385. The summed E-state index contributed by atoms with van der Waals surface area (Å²) in [6.07, 6.45) is 11.5. The number of fused-ring (bicyclic) bond motifs is 2. The van der Waals surface area contributed by atoms with Crippen molar-refractivity contribution in [2.24, 2.45) is 27.9 Å². The Bertz CT molecular complexity index is 4270. The second kappa shape index (κ2) is 31.1. The molecule has 101 heavy (non-hydrogen) atoms. The number of urea groups is 1. The molecule has 26 nitrogen and oxygen atoms in total. The van der Waals surface area contributed by atoms with E-state index in [1.807, 2.05) is 59.0 Å². The van der Waals surface area contributed by atoms with E-state index in [2.05, 4.69) is 51.0 Å². The van der Waals surface area contributed by atoms with Crippen molar-refractivity contribution in [2.45, 2.75) is 155 Å². The van der Waals surface area contributed by atoms with Gasteiger partial charge in [0.05, 0.1) is 16.4 Å². The van der Waals surface area contributed by atoms with Crippen LogP contribution in [0.2, 0.25) is 0 Å². The number of ether oxygens (including phenoxy) is 2. The van der Waals surface area contributed by atoms with Gasteiger partial charge in [-0.1, -0.05) is 55.9 Å². The van der Waals surface area contributed by atoms with Gasteiger partial charge in [0, 0.05) is 61.4 Å². The number of imide groups is 1. The first-order chi connectivity index (χ1) is 48.3. The van der Waals surface area contributed by atoms with E-state index >= 15 is 0 Å². The van der Waals surface area contributed by atoms with Crippen LogP contribution in [0.15, 0.2) is 97.2 Å². The van der Waals surface area contributed by atoms with Gasteiger partial charge in [0.1, 0.15) is 17.9 Å². The Balaban J connectivity index is 0.686. The molecule has 9 amide bonds. The quantitative estimate of drug-likeness (QED) is 0.0125. The first-order valence-electron chi connectivity index (χ1n) is 34.3. The van der Waals surface area contributed by atoms with Crippen LogP contribution in [0.1, 0.15) is 148 Å². The second-order valence-electron chi connectivity index (χ2n) is 28.6. The number of thiazole rings is 1. The van der Waals surface area contributed by atoms with Crippen LogP contribution in [-0.4, -0.2) is 145 Å². The topological polar surface area (TPSA) is 349 Å². The molecule has 12 rings (SSSR count). The van der Waals surface area contributed by atoms with E-state index in [9.17, 15) is 52.8 Å². The van der Waals surface area contributed by atoms with Crippen molar-refractivity contribution in [1.29, 1.82) is 0 Å². The number of carboxylic acids is 1. The number of rotatable bonds is 30. The zero-order chi connectivity index (χ0) is 71.8. The minimum atomic E-state index is -1.17. The third kappa shape index (κ3) is 17.4. The van der Waals surface area contributed by atoms with E-state index in [1.165, 1.54) is 28.4 Å². The Kier molecular flexibility index (Phi) is 22.4. The van der Waals surface area contributed by atoms with Crippen molar-refractivity contribution in [3.8, 4) is 16.8 Å². The van der Waals surface area contributed by atoms with Crippen molar-refractivity contribution in [3.05, 3.63) is 131 Å². The van der Waals surface area contributed by atoms with E-state index in [4.69, 9.17) is 25.3 Å². The fourth-order valence-corrected chi connectivity index (χ4v) is 17.6. The molecular formula is C73H86N13O13PS. The van der Waals surface area contributed by atoms with E-state index < -0.39 is 47.6 Å². The van der Waals surface area contributed by atoms with Gasteiger partial charge in [0.15, 0.2) is 10.8 Å². The molecule has 3 aromatic heterocycles. The van der Waals surface area contributed by atoms with E-state index in [0.717, 1.165) is 70.5 Å². The predicted octanol–water partition coefficient (Wildman–Crippen LogP) is 9.90. The summed E-state index contributed by atoms with van der Waals surface area (Å²) in [6, 6.07) is 20.8. The number of aromatic carboxylic acids is 1. The molecule has 2 aliphatic heterocycles. The molecular weight excluding hydrogens is 1330 g/mol. The third-order valence-corrected chi connectivity index (χ3v) is 21.2. The van der Waals surface area contributed by atoms with Crippen LogP contribution in [-0.2, 0) is 64.1 Å². The number of amides is 9. The van der Waals surface area contributed by atoms with Gasteiger partial charge in [-0.3, -0.25) is 39.0 Å². The molecule has 532 valence electrons. The van der Waals surface area contributed by atoms with Crippen molar-refractivity contribution >= 4 is 99.6 Å². The number of benzene rings is 3. The average Bonchev–Trinajstić information content (AvgIpc) is 0.784. The molecule has 4 saturated carbocycles. The molecule has 2 unspecified atom stereocenters. The minimum absolute atomic E-state index is 0.0509. The Morgan fingerprint density at radius 1 is 0.832 bits per heavy atom. The number of unbranched alkanes of at least 4 members (excludes halogenated alkanes) is 2. The zero-order valence-electron chi connectivity index (χ0n) is 57.4. The van der Waals surface area contributed by atoms with Crippen LogP contribution in [0.5, 0.6) is 0 Å². The summed E-state index contributed by atoms with van der Waals surface area (Å²) < 4.78 is 27.5. The van der Waals surface area contributed by atoms with Crippen LogP contribution in [0.25, 0.3) is 21.3 Å². The predicted molar refractivity (Wildman–Crippen MR) is 379 cm³/mol. The number of hydrogen-bond acceptors (Lipinski definition) is 17. The molecule has 3 aromatic carbocycles. The van der Waals surface area contributed by atoms with Gasteiger partial charge in [0.25, 0.3) is 17.7 Å². The van der Waals surface area contributed by atoms with Crippen molar-refractivity contribution in [1.82, 2.24) is 45.5 Å². The number of pyridine rings is 1. The fraction of sp³-hybridized carbons (Fsp3) is 0.466. The summed E-state index contributed by atoms with van der Waals surface area (Å²) in [5, 5.41) is 30.1. The zero-order valence-corrected chi connectivity index (χ0v) is 59.1. The van der Waals surface area contributed by atoms with Crippen LogP contribution >= 0.6 is 19.3 Å². The first-order valence-corrected chi connectivity index (χ1v) is 35.9. The van der Waals surface area contributed by atoms with Crippen LogP contribution in [0.3, 0.4) is 0 Å². The number of aromatic nitrogens is 4.